The molecule has 0 aliphatic carbocycles. The Bertz CT molecular complexity index is 1180. The number of benzene rings is 3. The summed E-state index contributed by atoms with van der Waals surface area (Å²) >= 11 is 0. The van der Waals surface area contributed by atoms with Crippen LogP contribution in [0.4, 0.5) is 0 Å². The van der Waals surface area contributed by atoms with E-state index >= 15 is 0 Å². The van der Waals surface area contributed by atoms with Crippen molar-refractivity contribution in [1.29, 1.82) is 0 Å². The van der Waals surface area contributed by atoms with Gasteiger partial charge in [-0.15, -0.1) is 0 Å². The quantitative estimate of drug-likeness (QED) is 0.524. The van der Waals surface area contributed by atoms with Gasteiger partial charge in [0.15, 0.2) is 28.6 Å². The minimum Gasteiger partial charge on any atom is -0.504 e. The highest BCUT2D eigenvalue weighted by atomic mass is 16.7. The van der Waals surface area contributed by atoms with Gasteiger partial charge in [-0.1, -0.05) is 11.2 Å². The third-order valence-corrected chi connectivity index (χ3v) is 5.93. The number of phenolic OH excluding ortho intramolecular Hbond substituents is 1. The Morgan fingerprint density at radius 3 is 1.91 bits per heavy atom. The molecular formula is C26H27NO7. The van der Waals surface area contributed by atoms with Crippen molar-refractivity contribution in [3.8, 4) is 34.5 Å². The van der Waals surface area contributed by atoms with Crippen LogP contribution in [0.25, 0.3) is 0 Å². The van der Waals surface area contributed by atoms with Gasteiger partial charge in [-0.3, -0.25) is 0 Å². The summed E-state index contributed by atoms with van der Waals surface area (Å²) in [6.45, 7) is 0. The standard InChI is InChI=1S/C26H27NO7/c1-29-19-9-6-16(7-10-19)20-15-26(34-27-20,17-8-11-22(30-2)21(28)12-17)18-13-23(31-3)25(33-5)24(14-18)32-4/h6-14,28H,15H2,1-5H3. The highest BCUT2D eigenvalue weighted by Gasteiger charge is 2.45. The minimum absolute atomic E-state index is 0.00619. The Kier molecular flexibility index (Phi) is 6.40. The molecule has 1 heterocycles. The van der Waals surface area contributed by atoms with Crippen molar-refractivity contribution in [1.82, 2.24) is 0 Å². The molecule has 0 saturated carbocycles. The predicted octanol–water partition coefficient (Wildman–Crippen LogP) is 4.50. The molecule has 1 aliphatic rings. The zero-order chi connectivity index (χ0) is 24.3. The van der Waals surface area contributed by atoms with Crippen LogP contribution in [0.2, 0.25) is 0 Å². The van der Waals surface area contributed by atoms with Gasteiger partial charge in [0.2, 0.25) is 5.75 Å². The second kappa shape index (κ2) is 9.43. The first-order valence-electron chi connectivity index (χ1n) is 10.6. The molecule has 0 radical (unpaired) electrons. The molecule has 0 bridgehead atoms. The van der Waals surface area contributed by atoms with E-state index in [0.29, 0.717) is 35.0 Å². The van der Waals surface area contributed by atoms with E-state index < -0.39 is 5.60 Å². The van der Waals surface area contributed by atoms with Crippen molar-refractivity contribution in [3.63, 3.8) is 0 Å². The Labute approximate surface area is 198 Å². The normalized spacial score (nSPS) is 16.9. The van der Waals surface area contributed by atoms with E-state index in [1.54, 1.807) is 40.6 Å². The van der Waals surface area contributed by atoms with E-state index in [0.717, 1.165) is 22.6 Å². The topological polar surface area (TPSA) is 88.0 Å². The molecule has 0 amide bonds. The zero-order valence-electron chi connectivity index (χ0n) is 19.7. The first-order valence-corrected chi connectivity index (χ1v) is 10.6. The molecule has 1 aliphatic heterocycles. The number of nitrogens with zero attached hydrogens (tertiary/aromatic N) is 1. The summed E-state index contributed by atoms with van der Waals surface area (Å²) in [6, 6.07) is 16.4. The average Bonchev–Trinajstić information content (AvgIpc) is 3.34. The number of oxime groups is 1. The highest BCUT2D eigenvalue weighted by Crippen LogP contribution is 2.49. The second-order valence-electron chi connectivity index (χ2n) is 7.66. The van der Waals surface area contributed by atoms with Gasteiger partial charge in [0, 0.05) is 17.5 Å². The molecule has 1 unspecified atom stereocenters. The summed E-state index contributed by atoms with van der Waals surface area (Å²) in [4.78, 5) is 6.19. The van der Waals surface area contributed by atoms with Gasteiger partial charge in [-0.05, 0) is 54.1 Å². The number of hydrogen-bond donors (Lipinski definition) is 1. The Morgan fingerprint density at radius 2 is 1.38 bits per heavy atom. The van der Waals surface area contributed by atoms with Gasteiger partial charge in [-0.2, -0.15) is 0 Å². The maximum Gasteiger partial charge on any atom is 0.203 e. The third kappa shape index (κ3) is 3.91. The highest BCUT2D eigenvalue weighted by molar-refractivity contribution is 6.02. The number of methoxy groups -OCH3 is 5. The van der Waals surface area contributed by atoms with E-state index in [-0.39, 0.29) is 5.75 Å². The van der Waals surface area contributed by atoms with Crippen LogP contribution in [0.3, 0.4) is 0 Å². The summed E-state index contributed by atoms with van der Waals surface area (Å²) in [7, 11) is 7.79. The lowest BCUT2D eigenvalue weighted by atomic mass is 9.81. The molecule has 0 aromatic heterocycles. The maximum atomic E-state index is 10.5. The smallest absolute Gasteiger partial charge is 0.203 e. The number of hydrogen-bond acceptors (Lipinski definition) is 8. The summed E-state index contributed by atoms with van der Waals surface area (Å²) in [5.41, 5.74) is 1.98. The molecule has 8 nitrogen and oxygen atoms in total. The lowest BCUT2D eigenvalue weighted by Crippen LogP contribution is -2.28. The fourth-order valence-electron chi connectivity index (χ4n) is 4.10. The van der Waals surface area contributed by atoms with Crippen LogP contribution >= 0.6 is 0 Å². The van der Waals surface area contributed by atoms with Crippen molar-refractivity contribution in [3.05, 3.63) is 71.3 Å². The van der Waals surface area contributed by atoms with Gasteiger partial charge in [0.05, 0.1) is 41.3 Å². The molecule has 3 aromatic carbocycles. The SMILES string of the molecule is COc1ccc(C2=NOC(c3ccc(OC)c(O)c3)(c3cc(OC)c(OC)c(OC)c3)C2)cc1. The molecule has 1 N–H and O–H groups in total. The lowest BCUT2D eigenvalue weighted by Gasteiger charge is -2.29. The monoisotopic (exact) mass is 465 g/mol. The van der Waals surface area contributed by atoms with Crippen molar-refractivity contribution in [2.24, 2.45) is 5.16 Å². The Balaban J connectivity index is 1.86. The number of phenols is 1. The molecule has 3 aromatic rings. The molecule has 34 heavy (non-hydrogen) atoms. The molecule has 4 rings (SSSR count). The zero-order valence-corrected chi connectivity index (χ0v) is 19.7. The van der Waals surface area contributed by atoms with E-state index in [2.05, 4.69) is 5.16 Å². The number of rotatable bonds is 8. The van der Waals surface area contributed by atoms with Crippen LogP contribution in [0, 0.1) is 0 Å². The van der Waals surface area contributed by atoms with Crippen LogP contribution in [0.1, 0.15) is 23.1 Å². The van der Waals surface area contributed by atoms with Crippen molar-refractivity contribution in [2.75, 3.05) is 35.5 Å². The van der Waals surface area contributed by atoms with Crippen molar-refractivity contribution in [2.45, 2.75) is 12.0 Å². The van der Waals surface area contributed by atoms with E-state index in [9.17, 15) is 5.11 Å². The molecule has 0 saturated heterocycles. The first kappa shape index (κ1) is 23.1. The number of ether oxygens (including phenoxy) is 5. The van der Waals surface area contributed by atoms with Gasteiger partial charge in [-0.25, -0.2) is 0 Å². The maximum absolute atomic E-state index is 10.5. The molecular weight excluding hydrogens is 438 g/mol. The third-order valence-electron chi connectivity index (χ3n) is 5.93. The Morgan fingerprint density at radius 1 is 0.735 bits per heavy atom. The molecule has 178 valence electrons. The molecule has 0 fully saturated rings. The van der Waals surface area contributed by atoms with E-state index in [4.69, 9.17) is 28.5 Å². The average molecular weight is 466 g/mol. The van der Waals surface area contributed by atoms with E-state index in [1.165, 1.54) is 7.11 Å². The molecule has 0 spiro atoms. The fourth-order valence-corrected chi connectivity index (χ4v) is 4.10. The van der Waals surface area contributed by atoms with Crippen molar-refractivity contribution < 1.29 is 33.6 Å². The predicted molar refractivity (Wildman–Crippen MR) is 127 cm³/mol. The van der Waals surface area contributed by atoms with Gasteiger partial charge in [0.25, 0.3) is 0 Å². The minimum atomic E-state index is -1.06. The van der Waals surface area contributed by atoms with E-state index in [1.807, 2.05) is 42.5 Å². The summed E-state index contributed by atoms with van der Waals surface area (Å²) in [5.74, 6) is 2.53. The van der Waals surface area contributed by atoms with Crippen LogP contribution in [-0.2, 0) is 10.4 Å². The largest absolute Gasteiger partial charge is 0.504 e. The summed E-state index contributed by atoms with van der Waals surface area (Å²) < 4.78 is 27.1. The molecule has 1 atom stereocenters. The molecule has 8 heteroatoms. The van der Waals surface area contributed by atoms with Crippen LogP contribution in [0.5, 0.6) is 34.5 Å². The van der Waals surface area contributed by atoms with Crippen molar-refractivity contribution >= 4 is 5.71 Å². The lowest BCUT2D eigenvalue weighted by molar-refractivity contribution is 0.0107. The van der Waals surface area contributed by atoms with Crippen LogP contribution in [-0.4, -0.2) is 46.4 Å². The van der Waals surface area contributed by atoms with Crippen LogP contribution < -0.4 is 23.7 Å². The first-order chi connectivity index (χ1) is 16.5. The number of aromatic hydroxyl groups is 1. The van der Waals surface area contributed by atoms with Crippen LogP contribution in [0.15, 0.2) is 59.8 Å². The van der Waals surface area contributed by atoms with Gasteiger partial charge < -0.3 is 33.6 Å². The summed E-state index contributed by atoms with van der Waals surface area (Å²) in [5, 5.41) is 15.0. The summed E-state index contributed by atoms with van der Waals surface area (Å²) in [6.07, 6.45) is 0.393. The van der Waals surface area contributed by atoms with Gasteiger partial charge >= 0.3 is 0 Å². The fraction of sp³-hybridized carbons (Fsp3) is 0.269. The second-order valence-corrected chi connectivity index (χ2v) is 7.66. The Hall–Kier alpha value is -4.07. The van der Waals surface area contributed by atoms with Gasteiger partial charge in [0.1, 0.15) is 5.75 Å².